The van der Waals surface area contributed by atoms with Crippen molar-refractivity contribution in [2.45, 2.75) is 162 Å². The zero-order chi connectivity index (χ0) is 32.3. The van der Waals surface area contributed by atoms with E-state index in [1.807, 2.05) is 5.43 Å². The monoisotopic (exact) mass is 619 g/mol. The number of carbonyl (C=O) groups excluding carboxylic acids is 1. The summed E-state index contributed by atoms with van der Waals surface area (Å²) in [4.78, 5) is 28.5. The van der Waals surface area contributed by atoms with Gasteiger partial charge < -0.3 is 20.4 Å². The molecule has 0 unspecified atom stereocenters. The second kappa shape index (κ2) is 17.2. The Balaban J connectivity index is 1.56. The molecule has 0 aromatic carbocycles. The Morgan fingerprint density at radius 2 is 1.64 bits per heavy atom. The van der Waals surface area contributed by atoms with Gasteiger partial charge in [-0.3, -0.25) is 4.79 Å². The topological polar surface area (TPSA) is 141 Å². The predicted octanol–water partition coefficient (Wildman–Crippen LogP) is 6.59. The van der Waals surface area contributed by atoms with Crippen molar-refractivity contribution in [2.75, 3.05) is 6.54 Å². The molecule has 2 bridgehead atoms. The molecule has 0 aromatic rings. The molecule has 6 atom stereocenters. The third kappa shape index (κ3) is 10.1. The molecule has 44 heavy (non-hydrogen) atoms. The number of nitrogens with two attached hydrogens (primary N) is 1. The Morgan fingerprint density at radius 3 is 2.23 bits per heavy atom. The van der Waals surface area contributed by atoms with Gasteiger partial charge in [0.15, 0.2) is 5.03 Å². The van der Waals surface area contributed by atoms with Crippen molar-refractivity contribution in [1.82, 2.24) is 10.7 Å². The Hall–Kier alpha value is -1.88. The summed E-state index contributed by atoms with van der Waals surface area (Å²) < 4.78 is 13.4. The summed E-state index contributed by atoms with van der Waals surface area (Å²) in [5.74, 6) is 0.982. The number of carbonyl (C=O) groups is 1. The maximum absolute atomic E-state index is 13.8. The standard InChI is InChI=1S/C33H62BN5O5/c1-7-8-9-10-11-12-13-14-15-16-18-25(19-17-20-36-31(35)38-39(41)42)30(40)37-29(21-24(2)3)34-43-28-23-26-22-27(32(26,4)5)33(28,6)44-34/h24-29H,7-23H2,1-6H3,(H,37,40)(H3,35,36,38)/t25-,26-,27-,28+,29-,33-/m0/s1. The average molecular weight is 620 g/mol. The van der Waals surface area contributed by atoms with E-state index in [9.17, 15) is 14.9 Å². The first-order valence-corrected chi connectivity index (χ1v) is 17.7. The number of hydrogen-bond acceptors (Lipinski definition) is 6. The Morgan fingerprint density at radius 1 is 1.02 bits per heavy atom. The van der Waals surface area contributed by atoms with Crippen LogP contribution in [0.3, 0.4) is 0 Å². The number of aliphatic imine (C=N–C) groups is 1. The van der Waals surface area contributed by atoms with Gasteiger partial charge in [0.2, 0.25) is 5.91 Å². The molecule has 4 aliphatic rings. The molecular weight excluding hydrogens is 557 g/mol. The molecule has 1 saturated heterocycles. The van der Waals surface area contributed by atoms with Gasteiger partial charge >= 0.3 is 7.12 Å². The second-order valence-corrected chi connectivity index (χ2v) is 15.0. The normalized spacial score (nSPS) is 27.0. The fraction of sp³-hybridized carbons (Fsp3) is 0.939. The van der Waals surface area contributed by atoms with Crippen molar-refractivity contribution < 1.29 is 19.1 Å². The maximum Gasteiger partial charge on any atom is 0.481 e. The van der Waals surface area contributed by atoms with Gasteiger partial charge in [0.25, 0.3) is 5.96 Å². The third-order valence-electron chi connectivity index (χ3n) is 10.8. The summed E-state index contributed by atoms with van der Waals surface area (Å²) >= 11 is 0. The largest absolute Gasteiger partial charge is 0.481 e. The minimum Gasteiger partial charge on any atom is -0.404 e. The molecule has 1 aliphatic heterocycles. The van der Waals surface area contributed by atoms with Gasteiger partial charge in [-0.2, -0.15) is 0 Å². The molecule has 4 rings (SSSR count). The molecule has 1 heterocycles. The van der Waals surface area contributed by atoms with Crippen LogP contribution < -0.4 is 16.5 Å². The molecule has 252 valence electrons. The van der Waals surface area contributed by atoms with Gasteiger partial charge in [0, 0.05) is 12.5 Å². The van der Waals surface area contributed by atoms with Gasteiger partial charge in [-0.1, -0.05) is 104 Å². The van der Waals surface area contributed by atoms with E-state index in [0.29, 0.717) is 37.1 Å². The summed E-state index contributed by atoms with van der Waals surface area (Å²) in [6.07, 6.45) is 17.7. The van der Waals surface area contributed by atoms with E-state index in [0.717, 1.165) is 32.1 Å². The first kappa shape index (κ1) is 36.6. The van der Waals surface area contributed by atoms with Crippen LogP contribution >= 0.6 is 0 Å². The van der Waals surface area contributed by atoms with Gasteiger partial charge in [0.05, 0.1) is 17.6 Å². The molecule has 4 fully saturated rings. The highest BCUT2D eigenvalue weighted by Crippen LogP contribution is 2.65. The maximum atomic E-state index is 13.8. The number of nitrogens with zero attached hydrogens (tertiary/aromatic N) is 2. The minimum atomic E-state index is -0.719. The van der Waals surface area contributed by atoms with E-state index < -0.39 is 12.2 Å². The number of unbranched alkanes of at least 4 members (excludes halogenated alkanes) is 9. The van der Waals surface area contributed by atoms with E-state index in [4.69, 9.17) is 15.0 Å². The molecule has 3 saturated carbocycles. The van der Waals surface area contributed by atoms with Gasteiger partial charge in [0.1, 0.15) is 0 Å². The third-order valence-corrected chi connectivity index (χ3v) is 10.8. The van der Waals surface area contributed by atoms with Crippen molar-refractivity contribution in [2.24, 2.45) is 39.8 Å². The van der Waals surface area contributed by atoms with Crippen LogP contribution in [-0.2, 0) is 14.1 Å². The highest BCUT2D eigenvalue weighted by atomic mass is 16.7. The number of hydrazine groups is 1. The Bertz CT molecular complexity index is 950. The van der Waals surface area contributed by atoms with Crippen LogP contribution in [0.15, 0.2) is 4.99 Å². The lowest BCUT2D eigenvalue weighted by Gasteiger charge is -2.64. The number of hydrogen-bond donors (Lipinski definition) is 3. The fourth-order valence-corrected chi connectivity index (χ4v) is 8.07. The Labute approximate surface area is 267 Å². The van der Waals surface area contributed by atoms with Crippen molar-refractivity contribution in [3.8, 4) is 0 Å². The minimum absolute atomic E-state index is 0.0452. The van der Waals surface area contributed by atoms with Crippen molar-refractivity contribution in [3.63, 3.8) is 0 Å². The molecule has 10 nitrogen and oxygen atoms in total. The molecule has 0 aromatic heterocycles. The second-order valence-electron chi connectivity index (χ2n) is 15.0. The van der Waals surface area contributed by atoms with Crippen LogP contribution in [0.25, 0.3) is 0 Å². The molecule has 0 spiro atoms. The lowest BCUT2D eigenvalue weighted by atomic mass is 9.43. The Kier molecular flexibility index (Phi) is 14.3. The van der Waals surface area contributed by atoms with Gasteiger partial charge in [-0.15, -0.1) is 0 Å². The molecule has 3 aliphatic carbocycles. The van der Waals surface area contributed by atoms with Crippen LogP contribution in [0, 0.1) is 39.2 Å². The SMILES string of the molecule is CCCCCCCCCCCC[C@@H](CCCN=C(N)N[N+](=O)[O-])C(=O)N[C@@H](CC(C)C)B1O[C@@H]2C[C@@H]3C[C@@H](C3(C)C)[C@]2(C)O1. The average Bonchev–Trinajstić information content (AvgIpc) is 3.31. The number of nitro groups is 1. The van der Waals surface area contributed by atoms with E-state index in [1.165, 1.54) is 57.8 Å². The molecule has 4 N–H and O–H groups in total. The van der Waals surface area contributed by atoms with Crippen LogP contribution in [0.4, 0.5) is 0 Å². The summed E-state index contributed by atoms with van der Waals surface area (Å²) in [5, 5.41) is 13.3. The predicted molar refractivity (Wildman–Crippen MR) is 177 cm³/mol. The van der Waals surface area contributed by atoms with Crippen molar-refractivity contribution in [3.05, 3.63) is 10.1 Å². The first-order chi connectivity index (χ1) is 20.9. The zero-order valence-corrected chi connectivity index (χ0v) is 28.6. The summed E-state index contributed by atoms with van der Waals surface area (Å²) in [6, 6.07) is 0. The molecule has 0 radical (unpaired) electrons. The number of guanidine groups is 1. The van der Waals surface area contributed by atoms with Crippen LogP contribution in [-0.4, -0.2) is 48.2 Å². The van der Waals surface area contributed by atoms with Gasteiger partial charge in [-0.25, -0.2) is 15.1 Å². The highest BCUT2D eigenvalue weighted by Gasteiger charge is 2.68. The van der Waals surface area contributed by atoms with E-state index >= 15 is 0 Å². The smallest absolute Gasteiger partial charge is 0.404 e. The molecule has 11 heteroatoms. The van der Waals surface area contributed by atoms with Crippen LogP contribution in [0.1, 0.15) is 144 Å². The van der Waals surface area contributed by atoms with Crippen molar-refractivity contribution in [1.29, 1.82) is 0 Å². The van der Waals surface area contributed by atoms with E-state index in [1.54, 1.807) is 0 Å². The van der Waals surface area contributed by atoms with Gasteiger partial charge in [-0.05, 0) is 68.6 Å². The zero-order valence-electron chi connectivity index (χ0n) is 28.6. The fourth-order valence-electron chi connectivity index (χ4n) is 8.07. The van der Waals surface area contributed by atoms with E-state index in [2.05, 4.69) is 51.9 Å². The number of amides is 1. The lowest BCUT2D eigenvalue weighted by molar-refractivity contribution is -0.525. The molecular formula is C33H62BN5O5. The lowest BCUT2D eigenvalue weighted by Crippen LogP contribution is -2.65. The van der Waals surface area contributed by atoms with Crippen LogP contribution in [0.2, 0.25) is 0 Å². The van der Waals surface area contributed by atoms with E-state index in [-0.39, 0.29) is 40.8 Å². The summed E-state index contributed by atoms with van der Waals surface area (Å²) in [6.45, 7) is 13.9. The first-order valence-electron chi connectivity index (χ1n) is 17.7. The summed E-state index contributed by atoms with van der Waals surface area (Å²) in [7, 11) is -0.443. The summed E-state index contributed by atoms with van der Waals surface area (Å²) in [5.41, 5.74) is 7.42. The highest BCUT2D eigenvalue weighted by molar-refractivity contribution is 6.47. The van der Waals surface area contributed by atoms with Crippen LogP contribution in [0.5, 0.6) is 0 Å². The van der Waals surface area contributed by atoms with Crippen molar-refractivity contribution >= 4 is 19.0 Å². The quantitative estimate of drug-likeness (QED) is 0.0329. The number of nitrogens with one attached hydrogen (secondary N) is 2. The number of rotatable bonds is 21. The molecule has 1 amide bonds.